The number of hydrogen-bond donors (Lipinski definition) is 2. The number of nitrogens with one attached hydrogen (secondary N) is 2. The van der Waals surface area contributed by atoms with E-state index in [1.165, 1.54) is 18.2 Å². The third-order valence-corrected chi connectivity index (χ3v) is 2.92. The van der Waals surface area contributed by atoms with E-state index in [1.54, 1.807) is 6.07 Å². The van der Waals surface area contributed by atoms with Gasteiger partial charge in [-0.1, -0.05) is 31.2 Å². The molecular formula is C16H17FN2O. The van der Waals surface area contributed by atoms with Crippen molar-refractivity contribution < 1.29 is 9.18 Å². The summed E-state index contributed by atoms with van der Waals surface area (Å²) in [5.41, 5.74) is 2.05. The molecule has 0 fully saturated rings. The number of para-hydroxylation sites is 1. The predicted molar refractivity (Wildman–Crippen MR) is 78.2 cm³/mol. The molecule has 4 heteroatoms. The maximum absolute atomic E-state index is 13.1. The topological polar surface area (TPSA) is 41.1 Å². The molecule has 2 aromatic rings. The van der Waals surface area contributed by atoms with Crippen LogP contribution >= 0.6 is 0 Å². The first kappa shape index (κ1) is 14.2. The number of carbonyl (C=O) groups is 1. The lowest BCUT2D eigenvalue weighted by molar-refractivity contribution is 0.102. The third-order valence-electron chi connectivity index (χ3n) is 2.92. The van der Waals surface area contributed by atoms with E-state index in [-0.39, 0.29) is 5.91 Å². The minimum Gasteiger partial charge on any atom is -0.322 e. The Morgan fingerprint density at radius 1 is 1.15 bits per heavy atom. The van der Waals surface area contributed by atoms with Crippen LogP contribution in [0.3, 0.4) is 0 Å². The zero-order chi connectivity index (χ0) is 14.4. The lowest BCUT2D eigenvalue weighted by Gasteiger charge is -2.11. The summed E-state index contributed by atoms with van der Waals surface area (Å²) in [5, 5.41) is 6.03. The van der Waals surface area contributed by atoms with Crippen LogP contribution in [0.25, 0.3) is 0 Å². The van der Waals surface area contributed by atoms with Gasteiger partial charge in [-0.25, -0.2) is 4.39 Å². The van der Waals surface area contributed by atoms with E-state index in [0.717, 1.165) is 17.8 Å². The Labute approximate surface area is 117 Å². The molecule has 0 saturated carbocycles. The van der Waals surface area contributed by atoms with E-state index in [1.807, 2.05) is 31.2 Å². The van der Waals surface area contributed by atoms with Gasteiger partial charge in [0.25, 0.3) is 5.91 Å². The predicted octanol–water partition coefficient (Wildman–Crippen LogP) is 3.19. The van der Waals surface area contributed by atoms with E-state index in [4.69, 9.17) is 0 Å². The van der Waals surface area contributed by atoms with Crippen molar-refractivity contribution in [3.05, 3.63) is 65.5 Å². The molecule has 2 rings (SSSR count). The summed E-state index contributed by atoms with van der Waals surface area (Å²) in [4.78, 5) is 12.1. The third kappa shape index (κ3) is 3.65. The van der Waals surface area contributed by atoms with Crippen LogP contribution in [0.4, 0.5) is 10.1 Å². The van der Waals surface area contributed by atoms with Crippen molar-refractivity contribution in [1.82, 2.24) is 5.32 Å². The molecule has 2 aromatic carbocycles. The van der Waals surface area contributed by atoms with Crippen molar-refractivity contribution in [3.63, 3.8) is 0 Å². The van der Waals surface area contributed by atoms with Crippen LogP contribution in [0, 0.1) is 5.82 Å². The smallest absolute Gasteiger partial charge is 0.255 e. The van der Waals surface area contributed by atoms with Gasteiger partial charge in [-0.3, -0.25) is 4.79 Å². The lowest BCUT2D eigenvalue weighted by atomic mass is 10.1. The van der Waals surface area contributed by atoms with Crippen LogP contribution in [0.2, 0.25) is 0 Å². The van der Waals surface area contributed by atoms with Crippen LogP contribution in [-0.2, 0) is 6.54 Å². The highest BCUT2D eigenvalue weighted by molar-refractivity contribution is 6.04. The number of anilines is 1. The van der Waals surface area contributed by atoms with Crippen LogP contribution in [-0.4, -0.2) is 12.5 Å². The largest absolute Gasteiger partial charge is 0.322 e. The summed E-state index contributed by atoms with van der Waals surface area (Å²) in [6.45, 7) is 3.55. The molecule has 0 heterocycles. The maximum atomic E-state index is 13.1. The number of carbonyl (C=O) groups excluding carboxylic acids is 1. The molecular weight excluding hydrogens is 255 g/mol. The molecule has 0 saturated heterocycles. The van der Waals surface area contributed by atoms with Crippen molar-refractivity contribution in [1.29, 1.82) is 0 Å². The van der Waals surface area contributed by atoms with Gasteiger partial charge in [-0.05, 0) is 36.4 Å². The molecule has 0 spiro atoms. The molecule has 0 unspecified atom stereocenters. The van der Waals surface area contributed by atoms with Crippen LogP contribution in [0.15, 0.2) is 48.5 Å². The minimum atomic E-state index is -0.418. The highest BCUT2D eigenvalue weighted by Crippen LogP contribution is 2.16. The molecule has 0 aromatic heterocycles. The molecule has 1 amide bonds. The Morgan fingerprint density at radius 3 is 2.70 bits per heavy atom. The Hall–Kier alpha value is -2.20. The molecule has 0 aliphatic rings. The monoisotopic (exact) mass is 272 g/mol. The molecule has 3 nitrogen and oxygen atoms in total. The fourth-order valence-electron chi connectivity index (χ4n) is 1.88. The molecule has 104 valence electrons. The van der Waals surface area contributed by atoms with Crippen molar-refractivity contribution in [3.8, 4) is 0 Å². The van der Waals surface area contributed by atoms with Crippen LogP contribution < -0.4 is 10.6 Å². The first-order valence-electron chi connectivity index (χ1n) is 6.56. The van der Waals surface area contributed by atoms with Crippen molar-refractivity contribution in [2.75, 3.05) is 11.9 Å². The fourth-order valence-corrected chi connectivity index (χ4v) is 1.88. The number of halogens is 1. The van der Waals surface area contributed by atoms with Gasteiger partial charge in [-0.2, -0.15) is 0 Å². The zero-order valence-electron chi connectivity index (χ0n) is 11.3. The van der Waals surface area contributed by atoms with Gasteiger partial charge in [0.05, 0.1) is 0 Å². The quantitative estimate of drug-likeness (QED) is 0.877. The fraction of sp³-hybridized carbons (Fsp3) is 0.188. The summed E-state index contributed by atoms with van der Waals surface area (Å²) in [6, 6.07) is 13.2. The average molecular weight is 272 g/mol. The molecule has 0 aliphatic heterocycles. The number of benzene rings is 2. The van der Waals surface area contributed by atoms with Crippen molar-refractivity contribution in [2.24, 2.45) is 0 Å². The molecule has 20 heavy (non-hydrogen) atoms. The average Bonchev–Trinajstić information content (AvgIpc) is 2.46. The Kier molecular flexibility index (Phi) is 4.85. The van der Waals surface area contributed by atoms with Gasteiger partial charge in [0.1, 0.15) is 5.82 Å². The second-order valence-electron chi connectivity index (χ2n) is 4.40. The summed E-state index contributed by atoms with van der Waals surface area (Å²) in [5.74, 6) is -0.730. The lowest BCUT2D eigenvalue weighted by Crippen LogP contribution is -2.17. The SMILES string of the molecule is CCNCc1ccccc1NC(=O)c1cccc(F)c1. The van der Waals surface area contributed by atoms with Gasteiger partial charge in [-0.15, -0.1) is 0 Å². The second-order valence-corrected chi connectivity index (χ2v) is 4.40. The summed E-state index contributed by atoms with van der Waals surface area (Å²) >= 11 is 0. The standard InChI is InChI=1S/C16H17FN2O/c1-2-18-11-13-6-3-4-9-15(13)19-16(20)12-7-5-8-14(17)10-12/h3-10,18H,2,11H2,1H3,(H,19,20). The molecule has 0 bridgehead atoms. The highest BCUT2D eigenvalue weighted by Gasteiger charge is 2.09. The van der Waals surface area contributed by atoms with Gasteiger partial charge in [0.2, 0.25) is 0 Å². The van der Waals surface area contributed by atoms with Crippen LogP contribution in [0.5, 0.6) is 0 Å². The minimum absolute atomic E-state index is 0.309. The summed E-state index contributed by atoms with van der Waals surface area (Å²) in [6.07, 6.45) is 0. The Bertz CT molecular complexity index is 599. The number of hydrogen-bond acceptors (Lipinski definition) is 2. The summed E-state index contributed by atoms with van der Waals surface area (Å²) < 4.78 is 13.1. The number of amides is 1. The normalized spacial score (nSPS) is 10.3. The molecule has 2 N–H and O–H groups in total. The van der Waals surface area contributed by atoms with E-state index < -0.39 is 5.82 Å². The Morgan fingerprint density at radius 2 is 1.95 bits per heavy atom. The molecule has 0 radical (unpaired) electrons. The van der Waals surface area contributed by atoms with Crippen molar-refractivity contribution in [2.45, 2.75) is 13.5 Å². The van der Waals surface area contributed by atoms with Gasteiger partial charge < -0.3 is 10.6 Å². The Balaban J connectivity index is 2.15. The molecule has 0 atom stereocenters. The van der Waals surface area contributed by atoms with Gasteiger partial charge in [0, 0.05) is 17.8 Å². The maximum Gasteiger partial charge on any atom is 0.255 e. The van der Waals surface area contributed by atoms with Gasteiger partial charge >= 0.3 is 0 Å². The summed E-state index contributed by atoms with van der Waals surface area (Å²) in [7, 11) is 0. The molecule has 0 aliphatic carbocycles. The van der Waals surface area contributed by atoms with Crippen molar-refractivity contribution >= 4 is 11.6 Å². The van der Waals surface area contributed by atoms with E-state index in [2.05, 4.69) is 10.6 Å². The highest BCUT2D eigenvalue weighted by atomic mass is 19.1. The first-order chi connectivity index (χ1) is 9.70. The van der Waals surface area contributed by atoms with E-state index in [9.17, 15) is 9.18 Å². The zero-order valence-corrected chi connectivity index (χ0v) is 11.3. The second kappa shape index (κ2) is 6.82. The van der Waals surface area contributed by atoms with Gasteiger partial charge in [0.15, 0.2) is 0 Å². The van der Waals surface area contributed by atoms with E-state index >= 15 is 0 Å². The van der Waals surface area contributed by atoms with Crippen LogP contribution in [0.1, 0.15) is 22.8 Å². The van der Waals surface area contributed by atoms with E-state index in [0.29, 0.717) is 12.1 Å². The first-order valence-corrected chi connectivity index (χ1v) is 6.56. The number of rotatable bonds is 5.